The molecular weight excluding hydrogens is 352 g/mol. The van der Waals surface area contributed by atoms with Crippen LogP contribution in [0.25, 0.3) is 0 Å². The largest absolute Gasteiger partial charge is 0.494 e. The Labute approximate surface area is 157 Å². The minimum atomic E-state index is -4.23. The third-order valence-electron chi connectivity index (χ3n) is 5.36. The molecule has 0 spiro atoms. The number of unbranched alkanes of at least 4 members (excludes halogenated alkanes) is 6. The van der Waals surface area contributed by atoms with Gasteiger partial charge in [-0.15, -0.1) is 0 Å². The normalized spacial score (nSPS) is 14.2. The lowest BCUT2D eigenvalue weighted by Gasteiger charge is -2.42. The van der Waals surface area contributed by atoms with Crippen LogP contribution in [0.15, 0.2) is 0 Å². The molecule has 152 valence electrons. The molecule has 0 fully saturated rings. The molecule has 0 saturated carbocycles. The Hall–Kier alpha value is 0.234. The van der Waals surface area contributed by atoms with Gasteiger partial charge in [-0.05, 0) is 12.8 Å². The van der Waals surface area contributed by atoms with E-state index in [1.54, 1.807) is 27.7 Å². The molecule has 0 aliphatic heterocycles. The standard InChI is InChI=1S/C18H42O5Si2/c1-7-9-11-13-15-17(3,4)24(19,20)23-25(21,22)18(5,6)16-14-12-10-8-2/h19-22H,7-16H2,1-6H3. The SMILES string of the molecule is CCCCCCC(C)(C)[Si](O)(O)O[Si](O)(O)C(C)(C)CCCCCC. The van der Waals surface area contributed by atoms with Crippen LogP contribution in [0.4, 0.5) is 0 Å². The first-order chi connectivity index (χ1) is 11.3. The number of hydrogen-bond donors (Lipinski definition) is 4. The highest BCUT2D eigenvalue weighted by molar-refractivity contribution is 6.75. The molecule has 0 atom stereocenters. The fourth-order valence-corrected chi connectivity index (χ4v) is 7.59. The van der Waals surface area contributed by atoms with E-state index in [-0.39, 0.29) is 0 Å². The van der Waals surface area contributed by atoms with Gasteiger partial charge in [-0.2, -0.15) is 0 Å². The highest BCUT2D eigenvalue weighted by Crippen LogP contribution is 2.45. The molecule has 4 N–H and O–H groups in total. The van der Waals surface area contributed by atoms with E-state index in [9.17, 15) is 19.2 Å². The van der Waals surface area contributed by atoms with Crippen molar-refractivity contribution >= 4 is 17.6 Å². The predicted molar refractivity (Wildman–Crippen MR) is 107 cm³/mol. The Morgan fingerprint density at radius 3 is 1.20 bits per heavy atom. The van der Waals surface area contributed by atoms with Gasteiger partial charge in [0.15, 0.2) is 0 Å². The zero-order chi connectivity index (χ0) is 19.8. The van der Waals surface area contributed by atoms with E-state index in [1.165, 1.54) is 0 Å². The van der Waals surface area contributed by atoms with E-state index in [0.29, 0.717) is 12.8 Å². The zero-order valence-corrected chi connectivity index (χ0v) is 19.3. The summed E-state index contributed by atoms with van der Waals surface area (Å²) in [6, 6.07) is 0. The van der Waals surface area contributed by atoms with Crippen molar-refractivity contribution in [2.24, 2.45) is 0 Å². The topological polar surface area (TPSA) is 90.2 Å². The highest BCUT2D eigenvalue weighted by atomic mass is 28.5. The van der Waals surface area contributed by atoms with Crippen molar-refractivity contribution in [2.45, 2.75) is 116 Å². The van der Waals surface area contributed by atoms with Crippen LogP contribution in [-0.2, 0) is 4.12 Å². The van der Waals surface area contributed by atoms with Crippen LogP contribution in [0, 0.1) is 0 Å². The Kier molecular flexibility index (Phi) is 10.6. The van der Waals surface area contributed by atoms with E-state index in [2.05, 4.69) is 13.8 Å². The van der Waals surface area contributed by atoms with Crippen LogP contribution in [0.3, 0.4) is 0 Å². The van der Waals surface area contributed by atoms with E-state index in [1.807, 2.05) is 0 Å². The third kappa shape index (κ3) is 8.20. The zero-order valence-electron chi connectivity index (χ0n) is 17.3. The third-order valence-corrected chi connectivity index (χ3v) is 11.7. The number of rotatable bonds is 14. The van der Waals surface area contributed by atoms with Gasteiger partial charge in [0.2, 0.25) is 0 Å². The van der Waals surface area contributed by atoms with Crippen molar-refractivity contribution in [3.63, 3.8) is 0 Å². The van der Waals surface area contributed by atoms with Crippen LogP contribution in [0.5, 0.6) is 0 Å². The summed E-state index contributed by atoms with van der Waals surface area (Å²) < 4.78 is 5.37. The van der Waals surface area contributed by atoms with E-state index in [4.69, 9.17) is 4.12 Å². The first kappa shape index (κ1) is 25.2. The quantitative estimate of drug-likeness (QED) is 0.260. The molecule has 7 heteroatoms. The van der Waals surface area contributed by atoms with Crippen LogP contribution in [-0.4, -0.2) is 36.8 Å². The van der Waals surface area contributed by atoms with Crippen molar-refractivity contribution in [1.29, 1.82) is 0 Å². The first-order valence-corrected chi connectivity index (χ1v) is 13.5. The Morgan fingerprint density at radius 1 is 0.600 bits per heavy atom. The molecular formula is C18H42O5Si2. The van der Waals surface area contributed by atoms with E-state index in [0.717, 1.165) is 51.4 Å². The van der Waals surface area contributed by atoms with Gasteiger partial charge in [0.05, 0.1) is 0 Å². The maximum Gasteiger partial charge on any atom is 0.494 e. The fourth-order valence-electron chi connectivity index (χ4n) is 2.79. The fraction of sp³-hybridized carbons (Fsp3) is 1.00. The maximum atomic E-state index is 10.6. The first-order valence-electron chi connectivity index (χ1n) is 9.92. The summed E-state index contributed by atoms with van der Waals surface area (Å²) in [5, 5.41) is -1.69. The molecule has 0 aromatic carbocycles. The molecule has 0 radical (unpaired) electrons. The smallest absolute Gasteiger partial charge is 0.390 e. The van der Waals surface area contributed by atoms with Crippen molar-refractivity contribution in [2.75, 3.05) is 0 Å². The van der Waals surface area contributed by atoms with Crippen molar-refractivity contribution in [3.8, 4) is 0 Å². The van der Waals surface area contributed by atoms with Crippen LogP contribution < -0.4 is 0 Å². The average molecular weight is 395 g/mol. The van der Waals surface area contributed by atoms with Gasteiger partial charge >= 0.3 is 17.6 Å². The Bertz CT molecular complexity index is 336. The second kappa shape index (κ2) is 10.5. The summed E-state index contributed by atoms with van der Waals surface area (Å²) in [5.41, 5.74) is 0. The molecule has 0 aromatic rings. The second-order valence-corrected chi connectivity index (χ2v) is 14.7. The molecule has 0 heterocycles. The van der Waals surface area contributed by atoms with Gasteiger partial charge in [-0.3, -0.25) is 0 Å². The Balaban J connectivity index is 4.84. The molecule has 0 saturated heterocycles. The molecule has 0 unspecified atom stereocenters. The summed E-state index contributed by atoms with van der Waals surface area (Å²) in [7, 11) is -8.46. The molecule has 0 aliphatic rings. The minimum Gasteiger partial charge on any atom is -0.390 e. The molecule has 25 heavy (non-hydrogen) atoms. The molecule has 0 bridgehead atoms. The summed E-state index contributed by atoms with van der Waals surface area (Å²) >= 11 is 0. The molecule has 0 rings (SSSR count). The maximum absolute atomic E-state index is 10.6. The van der Waals surface area contributed by atoms with E-state index < -0.39 is 27.7 Å². The summed E-state index contributed by atoms with van der Waals surface area (Å²) in [4.78, 5) is 42.4. The van der Waals surface area contributed by atoms with Gasteiger partial charge in [0, 0.05) is 10.1 Å². The van der Waals surface area contributed by atoms with Crippen LogP contribution in [0.2, 0.25) is 10.1 Å². The lowest BCUT2D eigenvalue weighted by atomic mass is 10.0. The summed E-state index contributed by atoms with van der Waals surface area (Å²) in [5.74, 6) is 0. The second-order valence-electron chi connectivity index (χ2n) is 8.71. The molecule has 5 nitrogen and oxygen atoms in total. The average Bonchev–Trinajstić information content (AvgIpc) is 2.47. The molecule has 0 amide bonds. The molecule has 0 aliphatic carbocycles. The van der Waals surface area contributed by atoms with E-state index >= 15 is 0 Å². The summed E-state index contributed by atoms with van der Waals surface area (Å²) in [6.45, 7) is 11.3. The van der Waals surface area contributed by atoms with Gasteiger partial charge in [0.25, 0.3) is 0 Å². The summed E-state index contributed by atoms with van der Waals surface area (Å²) in [6.07, 6.45) is 9.51. The monoisotopic (exact) mass is 394 g/mol. The van der Waals surface area contributed by atoms with Crippen molar-refractivity contribution < 1.29 is 23.3 Å². The van der Waals surface area contributed by atoms with Gasteiger partial charge in [-0.25, -0.2) is 0 Å². The predicted octanol–water partition coefficient (Wildman–Crippen LogP) is 4.35. The van der Waals surface area contributed by atoms with Crippen molar-refractivity contribution in [3.05, 3.63) is 0 Å². The van der Waals surface area contributed by atoms with Crippen molar-refractivity contribution in [1.82, 2.24) is 0 Å². The minimum absolute atomic E-state index is 0.605. The van der Waals surface area contributed by atoms with Gasteiger partial charge < -0.3 is 23.3 Å². The Morgan fingerprint density at radius 2 is 0.920 bits per heavy atom. The highest BCUT2D eigenvalue weighted by Gasteiger charge is 2.60. The van der Waals surface area contributed by atoms with Gasteiger partial charge in [0.1, 0.15) is 0 Å². The molecule has 0 aromatic heterocycles. The van der Waals surface area contributed by atoms with Crippen LogP contribution >= 0.6 is 0 Å². The van der Waals surface area contributed by atoms with Gasteiger partial charge in [-0.1, -0.05) is 92.9 Å². The lowest BCUT2D eigenvalue weighted by Crippen LogP contribution is -2.62. The van der Waals surface area contributed by atoms with Crippen LogP contribution in [0.1, 0.15) is 106 Å². The lowest BCUT2D eigenvalue weighted by molar-refractivity contribution is 0.108. The number of hydrogen-bond acceptors (Lipinski definition) is 5.